The molecule has 0 bridgehead atoms. The summed E-state index contributed by atoms with van der Waals surface area (Å²) in [4.78, 5) is 17.1. The molecular formula is C16H28N2OS. The minimum absolute atomic E-state index is 0.125. The van der Waals surface area contributed by atoms with Gasteiger partial charge < -0.3 is 5.32 Å². The van der Waals surface area contributed by atoms with E-state index < -0.39 is 0 Å². The van der Waals surface area contributed by atoms with Gasteiger partial charge in [-0.2, -0.15) is 0 Å². The predicted molar refractivity (Wildman–Crippen MR) is 87.0 cm³/mol. The number of nitrogens with zero attached hydrogens (tertiary/aromatic N) is 1. The van der Waals surface area contributed by atoms with Gasteiger partial charge in [0.15, 0.2) is 5.17 Å². The van der Waals surface area contributed by atoms with Gasteiger partial charge in [-0.05, 0) is 37.0 Å². The van der Waals surface area contributed by atoms with Gasteiger partial charge in [-0.15, -0.1) is 0 Å². The van der Waals surface area contributed by atoms with E-state index in [1.54, 1.807) is 11.8 Å². The van der Waals surface area contributed by atoms with E-state index >= 15 is 0 Å². The molecule has 1 aliphatic heterocycles. The molecule has 1 unspecified atom stereocenters. The highest BCUT2D eigenvalue weighted by atomic mass is 32.2. The smallest absolute Gasteiger partial charge is 0.242 e. The fraction of sp³-hybridized carbons (Fsp3) is 0.875. The average molecular weight is 296 g/mol. The van der Waals surface area contributed by atoms with Crippen LogP contribution in [0.5, 0.6) is 0 Å². The van der Waals surface area contributed by atoms with Crippen molar-refractivity contribution < 1.29 is 4.79 Å². The Kier molecular flexibility index (Phi) is 4.25. The largest absolute Gasteiger partial charge is 0.304 e. The molecule has 0 radical (unpaired) electrons. The van der Waals surface area contributed by atoms with Gasteiger partial charge in [-0.1, -0.05) is 52.8 Å². The summed E-state index contributed by atoms with van der Waals surface area (Å²) in [6, 6.07) is 0.354. The number of hydrogen-bond donors (Lipinski definition) is 1. The molecule has 1 N–H and O–H groups in total. The summed E-state index contributed by atoms with van der Waals surface area (Å²) in [7, 11) is 0. The van der Waals surface area contributed by atoms with Crippen LogP contribution in [0.4, 0.5) is 0 Å². The molecule has 1 saturated heterocycles. The van der Waals surface area contributed by atoms with Crippen LogP contribution >= 0.6 is 11.8 Å². The van der Waals surface area contributed by atoms with E-state index in [4.69, 9.17) is 4.99 Å². The Hall–Kier alpha value is -0.510. The molecular weight excluding hydrogens is 268 g/mol. The van der Waals surface area contributed by atoms with Crippen LogP contribution in [-0.4, -0.2) is 21.9 Å². The van der Waals surface area contributed by atoms with E-state index in [9.17, 15) is 4.79 Å². The summed E-state index contributed by atoms with van der Waals surface area (Å²) in [5.41, 5.74) is 0.376. The Labute approximate surface area is 127 Å². The average Bonchev–Trinajstić information content (AvgIpc) is 2.76. The third-order valence-electron chi connectivity index (χ3n) is 5.11. The lowest BCUT2D eigenvalue weighted by molar-refractivity contribution is -0.122. The number of thioether (sulfide) groups is 1. The molecule has 0 aromatic carbocycles. The first-order valence-corrected chi connectivity index (χ1v) is 8.58. The van der Waals surface area contributed by atoms with Crippen LogP contribution < -0.4 is 5.32 Å². The number of hydrogen-bond acceptors (Lipinski definition) is 3. The van der Waals surface area contributed by atoms with Gasteiger partial charge in [0, 0.05) is 0 Å². The molecule has 2 rings (SSSR count). The van der Waals surface area contributed by atoms with Gasteiger partial charge in [0.25, 0.3) is 0 Å². The zero-order valence-electron chi connectivity index (χ0n) is 13.6. The van der Waals surface area contributed by atoms with Crippen molar-refractivity contribution in [1.29, 1.82) is 0 Å². The van der Waals surface area contributed by atoms with Crippen molar-refractivity contribution >= 4 is 22.8 Å². The van der Waals surface area contributed by atoms with Gasteiger partial charge >= 0.3 is 0 Å². The van der Waals surface area contributed by atoms with Gasteiger partial charge in [0.05, 0.1) is 6.04 Å². The summed E-state index contributed by atoms with van der Waals surface area (Å²) < 4.78 is -0.356. The first-order chi connectivity index (χ1) is 9.18. The summed E-state index contributed by atoms with van der Waals surface area (Å²) in [6.07, 6.45) is 3.35. The predicted octanol–water partition coefficient (Wildman–Crippen LogP) is 3.83. The maximum atomic E-state index is 12.3. The Morgan fingerprint density at radius 1 is 1.40 bits per heavy atom. The quantitative estimate of drug-likeness (QED) is 0.860. The van der Waals surface area contributed by atoms with Crippen LogP contribution in [0.25, 0.3) is 0 Å². The van der Waals surface area contributed by atoms with Gasteiger partial charge in [-0.3, -0.25) is 9.79 Å². The maximum absolute atomic E-state index is 12.3. The van der Waals surface area contributed by atoms with E-state index in [0.29, 0.717) is 23.3 Å². The lowest BCUT2D eigenvalue weighted by Crippen LogP contribution is -2.39. The van der Waals surface area contributed by atoms with Crippen molar-refractivity contribution in [1.82, 2.24) is 5.32 Å². The number of aliphatic imine (C=N–C) groups is 1. The molecule has 4 heteroatoms. The molecule has 2 aliphatic rings. The Balaban J connectivity index is 2.13. The lowest BCUT2D eigenvalue weighted by Gasteiger charge is -2.25. The van der Waals surface area contributed by atoms with Crippen molar-refractivity contribution in [3.63, 3.8) is 0 Å². The second-order valence-electron chi connectivity index (χ2n) is 7.52. The van der Waals surface area contributed by atoms with Crippen LogP contribution in [0.3, 0.4) is 0 Å². The van der Waals surface area contributed by atoms with Crippen molar-refractivity contribution in [2.45, 2.75) is 71.6 Å². The normalized spacial score (nSPS) is 40.1. The molecule has 1 saturated carbocycles. The van der Waals surface area contributed by atoms with Crippen LogP contribution in [-0.2, 0) is 4.79 Å². The van der Waals surface area contributed by atoms with E-state index in [0.717, 1.165) is 18.0 Å². The molecule has 3 nitrogen and oxygen atoms in total. The highest BCUT2D eigenvalue weighted by Crippen LogP contribution is 2.44. The molecule has 1 heterocycles. The summed E-state index contributed by atoms with van der Waals surface area (Å²) in [5.74, 6) is 1.09. The highest BCUT2D eigenvalue weighted by molar-refractivity contribution is 8.16. The summed E-state index contributed by atoms with van der Waals surface area (Å²) in [5, 5.41) is 3.85. The standard InChI is InChI=1S/C16H28N2OS/c1-7-11(3)16(6)13(19)18-14(20-16)17-12-9-15(4,5)8-10(12)2/h10-12H,7-9H2,1-6H3,(H,17,18,19)/t10-,11?,12+,16-/m1/s1. The second-order valence-corrected chi connectivity index (χ2v) is 8.96. The monoisotopic (exact) mass is 296 g/mol. The molecule has 4 atom stereocenters. The van der Waals surface area contributed by atoms with E-state index in [1.807, 2.05) is 6.92 Å². The Bertz CT molecular complexity index is 432. The van der Waals surface area contributed by atoms with E-state index in [2.05, 4.69) is 39.9 Å². The zero-order valence-corrected chi connectivity index (χ0v) is 14.4. The SMILES string of the molecule is CCC(C)[C@@]1(C)SC(=N[C@H]2CC(C)(C)C[C@H]2C)NC1=O. The third kappa shape index (κ3) is 2.90. The van der Waals surface area contributed by atoms with E-state index in [-0.39, 0.29) is 10.7 Å². The Morgan fingerprint density at radius 3 is 2.55 bits per heavy atom. The fourth-order valence-electron chi connectivity index (χ4n) is 3.45. The number of amides is 1. The Morgan fingerprint density at radius 2 is 2.05 bits per heavy atom. The molecule has 114 valence electrons. The second kappa shape index (κ2) is 5.36. The molecule has 0 spiro atoms. The lowest BCUT2D eigenvalue weighted by atomic mass is 9.91. The molecule has 2 fully saturated rings. The number of nitrogens with one attached hydrogen (secondary N) is 1. The molecule has 0 aromatic heterocycles. The number of amidine groups is 1. The number of carbonyl (C=O) groups is 1. The van der Waals surface area contributed by atoms with Gasteiger partial charge in [-0.25, -0.2) is 0 Å². The molecule has 1 aliphatic carbocycles. The minimum atomic E-state index is -0.356. The van der Waals surface area contributed by atoms with Gasteiger partial charge in [0.1, 0.15) is 4.75 Å². The summed E-state index contributed by atoms with van der Waals surface area (Å²) >= 11 is 1.63. The number of carbonyl (C=O) groups excluding carboxylic acids is 1. The summed E-state index contributed by atoms with van der Waals surface area (Å²) in [6.45, 7) is 13.2. The fourth-order valence-corrected chi connectivity index (χ4v) is 4.69. The topological polar surface area (TPSA) is 41.5 Å². The van der Waals surface area contributed by atoms with Crippen molar-refractivity contribution in [2.75, 3.05) is 0 Å². The van der Waals surface area contributed by atoms with Crippen LogP contribution in [0.2, 0.25) is 0 Å². The zero-order chi connectivity index (χ0) is 15.1. The molecule has 1 amide bonds. The number of rotatable bonds is 3. The highest BCUT2D eigenvalue weighted by Gasteiger charge is 2.46. The molecule has 20 heavy (non-hydrogen) atoms. The van der Waals surface area contributed by atoms with Crippen molar-refractivity contribution in [3.05, 3.63) is 0 Å². The first kappa shape index (κ1) is 15.9. The van der Waals surface area contributed by atoms with Crippen LogP contribution in [0, 0.1) is 17.3 Å². The van der Waals surface area contributed by atoms with Crippen LogP contribution in [0.15, 0.2) is 4.99 Å². The van der Waals surface area contributed by atoms with Crippen molar-refractivity contribution in [2.24, 2.45) is 22.2 Å². The van der Waals surface area contributed by atoms with Gasteiger partial charge in [0.2, 0.25) is 5.91 Å². The maximum Gasteiger partial charge on any atom is 0.242 e. The first-order valence-electron chi connectivity index (χ1n) is 7.76. The van der Waals surface area contributed by atoms with Crippen molar-refractivity contribution in [3.8, 4) is 0 Å². The van der Waals surface area contributed by atoms with E-state index in [1.165, 1.54) is 6.42 Å². The third-order valence-corrected chi connectivity index (χ3v) is 6.52. The molecule has 0 aromatic rings. The minimum Gasteiger partial charge on any atom is -0.304 e. The van der Waals surface area contributed by atoms with Crippen LogP contribution in [0.1, 0.15) is 60.8 Å².